The van der Waals surface area contributed by atoms with Gasteiger partial charge in [-0.15, -0.1) is 4.37 Å². The van der Waals surface area contributed by atoms with Crippen molar-refractivity contribution >= 4 is 11.7 Å². The van der Waals surface area contributed by atoms with Crippen LogP contribution in [0.2, 0.25) is 0 Å². The van der Waals surface area contributed by atoms with E-state index in [9.17, 15) is 5.11 Å². The molecule has 20 heavy (non-hydrogen) atoms. The van der Waals surface area contributed by atoms with Crippen molar-refractivity contribution in [2.75, 3.05) is 13.2 Å². The lowest BCUT2D eigenvalue weighted by Crippen LogP contribution is -2.37. The highest BCUT2D eigenvalue weighted by molar-refractivity contribution is 6.99. The Hall–Kier alpha value is -1.50. The van der Waals surface area contributed by atoms with E-state index in [1.165, 1.54) is 5.56 Å². The normalized spacial score (nSPS) is 13.9. The highest BCUT2D eigenvalue weighted by Gasteiger charge is 2.09. The second-order valence-electron chi connectivity index (χ2n) is 4.71. The molecule has 0 amide bonds. The summed E-state index contributed by atoms with van der Waals surface area (Å²) in [4.78, 5) is 0. The van der Waals surface area contributed by atoms with Crippen LogP contribution in [-0.4, -0.2) is 39.2 Å². The first-order chi connectivity index (χ1) is 9.74. The van der Waals surface area contributed by atoms with Crippen LogP contribution in [0.3, 0.4) is 0 Å². The monoisotopic (exact) mass is 293 g/mol. The van der Waals surface area contributed by atoms with Gasteiger partial charge in [0.05, 0.1) is 11.7 Å². The summed E-state index contributed by atoms with van der Waals surface area (Å²) in [6.07, 6.45) is 1.92. The highest BCUT2D eigenvalue weighted by Crippen LogP contribution is 2.05. The zero-order valence-electron chi connectivity index (χ0n) is 11.4. The molecule has 2 unspecified atom stereocenters. The summed E-state index contributed by atoms with van der Waals surface area (Å²) >= 11 is 1.09. The van der Waals surface area contributed by atoms with E-state index in [1.807, 2.05) is 18.2 Å². The van der Waals surface area contributed by atoms with Crippen LogP contribution in [0.1, 0.15) is 12.5 Å². The lowest BCUT2D eigenvalue weighted by molar-refractivity contribution is 0.102. The molecule has 0 bridgehead atoms. The topological polar surface area (TPSA) is 67.3 Å². The van der Waals surface area contributed by atoms with Crippen molar-refractivity contribution in [1.82, 2.24) is 14.1 Å². The quantitative estimate of drug-likeness (QED) is 0.772. The number of hydrogen-bond acceptors (Lipinski definition) is 6. The summed E-state index contributed by atoms with van der Waals surface area (Å²) in [6, 6.07) is 10.6. The first kappa shape index (κ1) is 14.9. The fourth-order valence-corrected chi connectivity index (χ4v) is 2.20. The van der Waals surface area contributed by atoms with Crippen molar-refractivity contribution in [3.05, 3.63) is 42.1 Å². The summed E-state index contributed by atoms with van der Waals surface area (Å²) in [5.41, 5.74) is 1.28. The van der Waals surface area contributed by atoms with Crippen molar-refractivity contribution in [2.24, 2.45) is 0 Å². The lowest BCUT2D eigenvalue weighted by Gasteiger charge is -2.17. The Morgan fingerprint density at radius 1 is 1.35 bits per heavy atom. The van der Waals surface area contributed by atoms with Gasteiger partial charge in [0.25, 0.3) is 0 Å². The van der Waals surface area contributed by atoms with Crippen LogP contribution in [-0.2, 0) is 6.42 Å². The van der Waals surface area contributed by atoms with Crippen LogP contribution in [0.25, 0.3) is 0 Å². The second-order valence-corrected chi connectivity index (χ2v) is 5.27. The molecule has 2 atom stereocenters. The van der Waals surface area contributed by atoms with Gasteiger partial charge in [0.2, 0.25) is 5.88 Å². The van der Waals surface area contributed by atoms with E-state index in [0.717, 1.165) is 18.1 Å². The molecule has 2 N–H and O–H groups in total. The van der Waals surface area contributed by atoms with Crippen molar-refractivity contribution in [1.29, 1.82) is 0 Å². The van der Waals surface area contributed by atoms with Crippen molar-refractivity contribution in [2.45, 2.75) is 25.5 Å². The third-order valence-electron chi connectivity index (χ3n) is 2.85. The Morgan fingerprint density at radius 2 is 2.15 bits per heavy atom. The number of aromatic nitrogens is 2. The number of nitrogens with one attached hydrogen (secondary N) is 1. The molecule has 0 fully saturated rings. The van der Waals surface area contributed by atoms with Crippen LogP contribution >= 0.6 is 11.7 Å². The molecule has 108 valence electrons. The average Bonchev–Trinajstić information content (AvgIpc) is 2.97. The minimum atomic E-state index is -0.560. The van der Waals surface area contributed by atoms with Crippen molar-refractivity contribution in [3.8, 4) is 5.88 Å². The average molecular weight is 293 g/mol. The van der Waals surface area contributed by atoms with E-state index in [-0.39, 0.29) is 6.61 Å². The van der Waals surface area contributed by atoms with E-state index in [4.69, 9.17) is 4.74 Å². The van der Waals surface area contributed by atoms with Gasteiger partial charge in [-0.1, -0.05) is 30.3 Å². The predicted molar refractivity (Wildman–Crippen MR) is 79.0 cm³/mol. The van der Waals surface area contributed by atoms with Crippen molar-refractivity contribution < 1.29 is 9.84 Å². The summed E-state index contributed by atoms with van der Waals surface area (Å²) in [5.74, 6) is 0.464. The number of hydrogen-bond donors (Lipinski definition) is 2. The largest absolute Gasteiger partial charge is 0.473 e. The standard InChI is InChI=1S/C14H19N3O2S/c1-11(7-12-5-3-2-4-6-12)15-8-13(18)10-19-14-9-16-20-17-14/h2-6,9,11,13,15,18H,7-8,10H2,1H3. The molecule has 1 aromatic heterocycles. The maximum Gasteiger partial charge on any atom is 0.245 e. The molecule has 1 heterocycles. The van der Waals surface area contributed by atoms with Crippen LogP contribution in [0, 0.1) is 0 Å². The van der Waals surface area contributed by atoms with Gasteiger partial charge >= 0.3 is 0 Å². The fourth-order valence-electron chi connectivity index (χ4n) is 1.84. The Labute approximate surface area is 122 Å². The molecule has 0 saturated carbocycles. The van der Waals surface area contributed by atoms with E-state index in [0.29, 0.717) is 18.5 Å². The van der Waals surface area contributed by atoms with Gasteiger partial charge in [0, 0.05) is 12.6 Å². The van der Waals surface area contributed by atoms with Gasteiger partial charge in [-0.2, -0.15) is 4.37 Å². The molecular formula is C14H19N3O2S. The minimum Gasteiger partial charge on any atom is -0.473 e. The van der Waals surface area contributed by atoms with Crippen molar-refractivity contribution in [3.63, 3.8) is 0 Å². The number of ether oxygens (including phenoxy) is 1. The molecule has 6 heteroatoms. The summed E-state index contributed by atoms with van der Waals surface area (Å²) < 4.78 is 13.1. The van der Waals surface area contributed by atoms with E-state index >= 15 is 0 Å². The summed E-state index contributed by atoms with van der Waals surface area (Å²) in [7, 11) is 0. The lowest BCUT2D eigenvalue weighted by atomic mass is 10.1. The molecule has 0 spiro atoms. The zero-order valence-corrected chi connectivity index (χ0v) is 12.2. The fraction of sp³-hybridized carbons (Fsp3) is 0.429. The molecule has 0 aliphatic rings. The Bertz CT molecular complexity index is 478. The molecular weight excluding hydrogens is 274 g/mol. The Balaban J connectivity index is 1.64. The summed E-state index contributed by atoms with van der Waals surface area (Å²) in [5, 5.41) is 13.1. The SMILES string of the molecule is CC(Cc1ccccc1)NCC(O)COc1cnsn1. The Morgan fingerprint density at radius 3 is 2.85 bits per heavy atom. The van der Waals surface area contributed by atoms with Crippen LogP contribution in [0.15, 0.2) is 36.5 Å². The molecule has 0 aliphatic carbocycles. The number of aliphatic hydroxyl groups is 1. The highest BCUT2D eigenvalue weighted by atomic mass is 32.1. The van der Waals surface area contributed by atoms with E-state index < -0.39 is 6.10 Å². The third-order valence-corrected chi connectivity index (χ3v) is 3.31. The minimum absolute atomic E-state index is 0.219. The second kappa shape index (κ2) is 7.94. The first-order valence-corrected chi connectivity index (χ1v) is 7.33. The number of benzene rings is 1. The molecule has 0 radical (unpaired) electrons. The molecule has 5 nitrogen and oxygen atoms in total. The molecule has 0 aliphatic heterocycles. The van der Waals surface area contributed by atoms with Crippen LogP contribution in [0.4, 0.5) is 0 Å². The molecule has 2 aromatic rings. The third kappa shape index (κ3) is 5.24. The predicted octanol–water partition coefficient (Wildman–Crippen LogP) is 1.50. The zero-order chi connectivity index (χ0) is 14.2. The maximum atomic E-state index is 9.83. The van der Waals surface area contributed by atoms with Gasteiger partial charge in [0.15, 0.2) is 0 Å². The number of nitrogens with zero attached hydrogens (tertiary/aromatic N) is 2. The Kier molecular flexibility index (Phi) is 5.91. The molecule has 2 rings (SSSR count). The van der Waals surface area contributed by atoms with Gasteiger partial charge in [-0.25, -0.2) is 0 Å². The van der Waals surface area contributed by atoms with Gasteiger partial charge in [-0.3, -0.25) is 0 Å². The first-order valence-electron chi connectivity index (χ1n) is 6.60. The maximum absolute atomic E-state index is 9.83. The van der Waals surface area contributed by atoms with Crippen LogP contribution < -0.4 is 10.1 Å². The van der Waals surface area contributed by atoms with Gasteiger partial charge < -0.3 is 15.2 Å². The van der Waals surface area contributed by atoms with E-state index in [2.05, 4.69) is 33.1 Å². The molecule has 1 aromatic carbocycles. The number of aliphatic hydroxyl groups excluding tert-OH is 1. The van der Waals surface area contributed by atoms with Gasteiger partial charge in [0.1, 0.15) is 18.9 Å². The summed E-state index contributed by atoms with van der Waals surface area (Å²) in [6.45, 7) is 2.81. The number of rotatable bonds is 8. The van der Waals surface area contributed by atoms with Gasteiger partial charge in [-0.05, 0) is 18.9 Å². The molecule has 0 saturated heterocycles. The van der Waals surface area contributed by atoms with Crippen LogP contribution in [0.5, 0.6) is 5.88 Å². The smallest absolute Gasteiger partial charge is 0.245 e. The van der Waals surface area contributed by atoms with E-state index in [1.54, 1.807) is 6.20 Å².